The Morgan fingerprint density at radius 3 is 2.88 bits per heavy atom. The van der Waals surface area contributed by atoms with Crippen molar-refractivity contribution in [1.82, 2.24) is 10.1 Å². The maximum atomic E-state index is 12.9. The Morgan fingerprint density at radius 2 is 2.17 bits per heavy atom. The molecular weight excluding hydrogens is 307 g/mol. The summed E-state index contributed by atoms with van der Waals surface area (Å²) in [6, 6.07) is 8.51. The summed E-state index contributed by atoms with van der Waals surface area (Å²) in [4.78, 5) is 14.4. The fraction of sp³-hybridized carbons (Fsp3) is 0.474. The number of halogens is 1. The van der Waals surface area contributed by atoms with Crippen LogP contribution in [0.4, 0.5) is 4.39 Å². The summed E-state index contributed by atoms with van der Waals surface area (Å²) in [5, 5.41) is 3.83. The van der Waals surface area contributed by atoms with Gasteiger partial charge in [0.1, 0.15) is 11.6 Å². The molecule has 1 saturated heterocycles. The smallest absolute Gasteiger partial charge is 0.230 e. The van der Waals surface area contributed by atoms with Gasteiger partial charge in [-0.25, -0.2) is 4.39 Å². The molecule has 1 aliphatic heterocycles. The lowest BCUT2D eigenvalue weighted by atomic mass is 9.91. The van der Waals surface area contributed by atoms with Gasteiger partial charge in [0.05, 0.1) is 12.1 Å². The average molecular weight is 330 g/mol. The van der Waals surface area contributed by atoms with Crippen molar-refractivity contribution in [3.8, 4) is 0 Å². The maximum absolute atomic E-state index is 12.9. The highest BCUT2D eigenvalue weighted by molar-refractivity contribution is 5.78. The largest absolute Gasteiger partial charge is 0.361 e. The molecule has 128 valence electrons. The van der Waals surface area contributed by atoms with Crippen LogP contribution in [0.1, 0.15) is 36.3 Å². The van der Waals surface area contributed by atoms with Crippen molar-refractivity contribution in [2.24, 2.45) is 5.92 Å². The number of hydrogen-bond donors (Lipinski definition) is 0. The van der Waals surface area contributed by atoms with Crippen LogP contribution in [0.15, 0.2) is 34.9 Å². The van der Waals surface area contributed by atoms with Crippen molar-refractivity contribution in [2.75, 3.05) is 13.1 Å². The summed E-state index contributed by atoms with van der Waals surface area (Å²) in [6.07, 6.45) is 4.41. The standard InChI is InChI=1S/C19H23FN2O2/c1-14-11-18(24-21-14)12-19(23)22-10-2-3-16(13-22)5-4-15-6-8-17(20)9-7-15/h6-9,11,16H,2-5,10,12-13H2,1H3. The van der Waals surface area contributed by atoms with Crippen LogP contribution in [-0.4, -0.2) is 29.1 Å². The number of aromatic nitrogens is 1. The van der Waals surface area contributed by atoms with Crippen LogP contribution in [0, 0.1) is 18.7 Å². The Hall–Kier alpha value is -2.17. The Bertz CT molecular complexity index is 681. The molecule has 3 rings (SSSR count). The number of hydrogen-bond acceptors (Lipinski definition) is 3. The van der Waals surface area contributed by atoms with Gasteiger partial charge in [0.2, 0.25) is 5.91 Å². The quantitative estimate of drug-likeness (QED) is 0.842. The highest BCUT2D eigenvalue weighted by atomic mass is 19.1. The zero-order valence-corrected chi connectivity index (χ0v) is 14.0. The van der Waals surface area contributed by atoms with E-state index >= 15 is 0 Å². The minimum absolute atomic E-state index is 0.109. The van der Waals surface area contributed by atoms with Gasteiger partial charge in [-0.2, -0.15) is 0 Å². The van der Waals surface area contributed by atoms with E-state index in [1.54, 1.807) is 0 Å². The molecule has 0 saturated carbocycles. The highest BCUT2D eigenvalue weighted by Crippen LogP contribution is 2.22. The second-order valence-corrected chi connectivity index (χ2v) is 6.62. The summed E-state index contributed by atoms with van der Waals surface area (Å²) in [7, 11) is 0. The van der Waals surface area contributed by atoms with Gasteiger partial charge in [-0.1, -0.05) is 17.3 Å². The summed E-state index contributed by atoms with van der Waals surface area (Å²) in [6.45, 7) is 3.47. The van der Waals surface area contributed by atoms with E-state index in [1.807, 2.05) is 30.0 Å². The van der Waals surface area contributed by atoms with Crippen LogP contribution in [0.25, 0.3) is 0 Å². The van der Waals surface area contributed by atoms with Gasteiger partial charge < -0.3 is 9.42 Å². The van der Waals surface area contributed by atoms with Crippen molar-refractivity contribution >= 4 is 5.91 Å². The summed E-state index contributed by atoms with van der Waals surface area (Å²) >= 11 is 0. The molecule has 1 amide bonds. The van der Waals surface area contributed by atoms with E-state index in [1.165, 1.54) is 12.1 Å². The number of rotatable bonds is 5. The van der Waals surface area contributed by atoms with Gasteiger partial charge in [-0.05, 0) is 56.2 Å². The van der Waals surface area contributed by atoms with E-state index < -0.39 is 0 Å². The third-order valence-corrected chi connectivity index (χ3v) is 4.63. The second kappa shape index (κ2) is 7.60. The van der Waals surface area contributed by atoms with E-state index in [0.29, 0.717) is 11.7 Å². The number of likely N-dealkylation sites (tertiary alicyclic amines) is 1. The minimum atomic E-state index is -0.198. The van der Waals surface area contributed by atoms with E-state index in [4.69, 9.17) is 4.52 Å². The number of amides is 1. The molecule has 1 fully saturated rings. The number of carbonyl (C=O) groups excluding carboxylic acids is 1. The third-order valence-electron chi connectivity index (χ3n) is 4.63. The molecule has 1 unspecified atom stereocenters. The number of piperidine rings is 1. The Kier molecular flexibility index (Phi) is 5.28. The first-order valence-electron chi connectivity index (χ1n) is 8.54. The van der Waals surface area contributed by atoms with Crippen LogP contribution in [-0.2, 0) is 17.6 Å². The average Bonchev–Trinajstić information content (AvgIpc) is 2.99. The van der Waals surface area contributed by atoms with Crippen LogP contribution in [0.5, 0.6) is 0 Å². The monoisotopic (exact) mass is 330 g/mol. The van der Waals surface area contributed by atoms with Crippen LogP contribution >= 0.6 is 0 Å². The number of nitrogens with zero attached hydrogens (tertiary/aromatic N) is 2. The molecule has 4 nitrogen and oxygen atoms in total. The van der Waals surface area contributed by atoms with Gasteiger partial charge in [0.25, 0.3) is 0 Å². The van der Waals surface area contributed by atoms with Gasteiger partial charge in [0, 0.05) is 19.2 Å². The fourth-order valence-corrected chi connectivity index (χ4v) is 3.31. The Labute approximate surface area is 141 Å². The molecule has 5 heteroatoms. The maximum Gasteiger partial charge on any atom is 0.230 e. The molecule has 1 aliphatic rings. The Balaban J connectivity index is 1.50. The van der Waals surface area contributed by atoms with E-state index in [-0.39, 0.29) is 18.1 Å². The Morgan fingerprint density at radius 1 is 1.38 bits per heavy atom. The molecule has 0 N–H and O–H groups in total. The summed E-state index contributed by atoms with van der Waals surface area (Å²) in [5.74, 6) is 1.05. The molecule has 24 heavy (non-hydrogen) atoms. The van der Waals surface area contributed by atoms with Crippen LogP contribution < -0.4 is 0 Å². The number of carbonyl (C=O) groups is 1. The molecule has 1 aromatic carbocycles. The van der Waals surface area contributed by atoms with E-state index in [0.717, 1.165) is 50.0 Å². The molecule has 0 aliphatic carbocycles. The lowest BCUT2D eigenvalue weighted by Crippen LogP contribution is -2.40. The van der Waals surface area contributed by atoms with Crippen molar-refractivity contribution in [3.63, 3.8) is 0 Å². The van der Waals surface area contributed by atoms with Crippen molar-refractivity contribution in [3.05, 3.63) is 53.2 Å². The highest BCUT2D eigenvalue weighted by Gasteiger charge is 2.24. The molecule has 2 heterocycles. The van der Waals surface area contributed by atoms with Crippen molar-refractivity contribution in [2.45, 2.75) is 39.0 Å². The molecule has 0 bridgehead atoms. The summed E-state index contributed by atoms with van der Waals surface area (Å²) in [5.41, 5.74) is 1.95. The molecule has 2 aromatic rings. The number of benzene rings is 1. The van der Waals surface area contributed by atoms with Gasteiger partial charge in [-0.15, -0.1) is 0 Å². The molecule has 0 radical (unpaired) electrons. The van der Waals surface area contributed by atoms with Crippen LogP contribution in [0.2, 0.25) is 0 Å². The predicted molar refractivity (Wildman–Crippen MR) is 89.0 cm³/mol. The normalized spacial score (nSPS) is 17.9. The van der Waals surface area contributed by atoms with Crippen molar-refractivity contribution in [1.29, 1.82) is 0 Å². The molecule has 1 aromatic heterocycles. The molecule has 0 spiro atoms. The van der Waals surface area contributed by atoms with Gasteiger partial charge in [0.15, 0.2) is 0 Å². The SMILES string of the molecule is Cc1cc(CC(=O)N2CCCC(CCc3ccc(F)cc3)C2)on1. The minimum Gasteiger partial charge on any atom is -0.361 e. The topological polar surface area (TPSA) is 46.3 Å². The first kappa shape index (κ1) is 16.7. The fourth-order valence-electron chi connectivity index (χ4n) is 3.31. The predicted octanol–water partition coefficient (Wildman–Crippen LogP) is 3.54. The lowest BCUT2D eigenvalue weighted by Gasteiger charge is -2.32. The zero-order chi connectivity index (χ0) is 16.9. The number of aryl methyl sites for hydroxylation is 2. The van der Waals surface area contributed by atoms with Gasteiger partial charge >= 0.3 is 0 Å². The third kappa shape index (κ3) is 4.43. The first-order valence-corrected chi connectivity index (χ1v) is 8.54. The van der Waals surface area contributed by atoms with E-state index in [2.05, 4.69) is 5.16 Å². The lowest BCUT2D eigenvalue weighted by molar-refractivity contribution is -0.132. The van der Waals surface area contributed by atoms with Gasteiger partial charge in [-0.3, -0.25) is 4.79 Å². The first-order chi connectivity index (χ1) is 11.6. The van der Waals surface area contributed by atoms with Crippen LogP contribution in [0.3, 0.4) is 0 Å². The summed E-state index contributed by atoms with van der Waals surface area (Å²) < 4.78 is 18.1. The molecular formula is C19H23FN2O2. The second-order valence-electron chi connectivity index (χ2n) is 6.62. The van der Waals surface area contributed by atoms with E-state index in [9.17, 15) is 9.18 Å². The molecule has 1 atom stereocenters. The van der Waals surface area contributed by atoms with Crippen molar-refractivity contribution < 1.29 is 13.7 Å². The zero-order valence-electron chi connectivity index (χ0n) is 14.0.